The van der Waals surface area contributed by atoms with Crippen LogP contribution in [0.4, 0.5) is 0 Å². The average Bonchev–Trinajstić information content (AvgIpc) is 2.88. The fourth-order valence-electron chi connectivity index (χ4n) is 2.21. The Morgan fingerprint density at radius 3 is 2.84 bits per heavy atom. The molecule has 1 aromatic rings. The van der Waals surface area contributed by atoms with E-state index >= 15 is 0 Å². The zero-order valence-electron chi connectivity index (χ0n) is 11.0. The molecule has 106 valence electrons. The molecule has 0 aromatic carbocycles. The largest absolute Gasteiger partial charge is 0.438 e. The van der Waals surface area contributed by atoms with Gasteiger partial charge in [-0.1, -0.05) is 6.92 Å². The van der Waals surface area contributed by atoms with Gasteiger partial charge in [-0.15, -0.1) is 0 Å². The molecule has 1 N–H and O–H groups in total. The summed E-state index contributed by atoms with van der Waals surface area (Å²) in [6.07, 6.45) is 2.08. The molecule has 1 atom stereocenters. The van der Waals surface area contributed by atoms with Crippen molar-refractivity contribution < 1.29 is 17.6 Å². The van der Waals surface area contributed by atoms with Gasteiger partial charge in [0.05, 0.1) is 0 Å². The quantitative estimate of drug-likeness (QED) is 0.901. The summed E-state index contributed by atoms with van der Waals surface area (Å²) in [5, 5.41) is -0.233. The van der Waals surface area contributed by atoms with Crippen LogP contribution in [0.15, 0.2) is 21.6 Å². The van der Waals surface area contributed by atoms with Crippen LogP contribution >= 0.6 is 0 Å². The summed E-state index contributed by atoms with van der Waals surface area (Å²) in [5.74, 6) is 0.292. The summed E-state index contributed by atoms with van der Waals surface area (Å²) < 4.78 is 30.4. The Morgan fingerprint density at radius 1 is 1.47 bits per heavy atom. The van der Waals surface area contributed by atoms with Crippen molar-refractivity contribution >= 4 is 15.9 Å². The first kappa shape index (κ1) is 14.1. The van der Waals surface area contributed by atoms with E-state index in [0.29, 0.717) is 19.0 Å². The van der Waals surface area contributed by atoms with Gasteiger partial charge in [0, 0.05) is 13.1 Å². The Labute approximate surface area is 112 Å². The van der Waals surface area contributed by atoms with Gasteiger partial charge in [-0.05, 0) is 37.9 Å². The topological polar surface area (TPSA) is 79.6 Å². The molecule has 0 spiro atoms. The fraction of sp³-hybridized carbons (Fsp3) is 0.583. The van der Waals surface area contributed by atoms with E-state index in [2.05, 4.69) is 11.6 Å². The summed E-state index contributed by atoms with van der Waals surface area (Å²) in [7, 11) is -2.34. The van der Waals surface area contributed by atoms with Gasteiger partial charge in [-0.3, -0.25) is 4.79 Å². The van der Waals surface area contributed by atoms with E-state index in [4.69, 9.17) is 4.42 Å². The molecular weight excluding hydrogens is 268 g/mol. The molecule has 0 aliphatic carbocycles. The van der Waals surface area contributed by atoms with Crippen molar-refractivity contribution in [3.05, 3.63) is 17.9 Å². The molecule has 0 radical (unpaired) electrons. The van der Waals surface area contributed by atoms with Crippen molar-refractivity contribution in [2.75, 3.05) is 20.1 Å². The molecule has 1 amide bonds. The molecule has 19 heavy (non-hydrogen) atoms. The number of amides is 1. The van der Waals surface area contributed by atoms with E-state index in [1.165, 1.54) is 19.2 Å². The molecule has 0 bridgehead atoms. The molecule has 7 heteroatoms. The highest BCUT2D eigenvalue weighted by Gasteiger charge is 2.26. The smallest absolute Gasteiger partial charge is 0.289 e. The number of rotatable bonds is 3. The third kappa shape index (κ3) is 2.98. The summed E-state index contributed by atoms with van der Waals surface area (Å²) in [5.41, 5.74) is 0. The number of sulfonamides is 1. The Bertz CT molecular complexity index is 564. The van der Waals surface area contributed by atoms with E-state index < -0.39 is 10.0 Å². The second kappa shape index (κ2) is 5.34. The lowest BCUT2D eigenvalue weighted by Gasteiger charge is -2.30. The molecule has 1 saturated heterocycles. The van der Waals surface area contributed by atoms with Crippen LogP contribution in [0, 0.1) is 5.92 Å². The molecule has 2 rings (SSSR count). The van der Waals surface area contributed by atoms with Crippen molar-refractivity contribution in [2.24, 2.45) is 5.92 Å². The van der Waals surface area contributed by atoms with Crippen LogP contribution < -0.4 is 4.72 Å². The van der Waals surface area contributed by atoms with Crippen LogP contribution in [0.25, 0.3) is 0 Å². The molecule has 1 fully saturated rings. The van der Waals surface area contributed by atoms with Gasteiger partial charge in [-0.25, -0.2) is 13.1 Å². The maximum atomic E-state index is 12.2. The Hall–Kier alpha value is -1.34. The number of nitrogens with one attached hydrogen (secondary N) is 1. The van der Waals surface area contributed by atoms with Crippen LogP contribution in [0.3, 0.4) is 0 Å². The number of hydrogen-bond donors (Lipinski definition) is 1. The minimum Gasteiger partial charge on any atom is -0.438 e. The molecule has 1 aromatic heterocycles. The lowest BCUT2D eigenvalue weighted by molar-refractivity contribution is 0.0645. The van der Waals surface area contributed by atoms with Gasteiger partial charge >= 0.3 is 0 Å². The summed E-state index contributed by atoms with van der Waals surface area (Å²) in [4.78, 5) is 13.9. The maximum absolute atomic E-state index is 12.2. The second-order valence-corrected chi connectivity index (χ2v) is 6.64. The van der Waals surface area contributed by atoms with Crippen molar-refractivity contribution in [3.8, 4) is 0 Å². The zero-order valence-corrected chi connectivity index (χ0v) is 11.9. The van der Waals surface area contributed by atoms with E-state index in [9.17, 15) is 13.2 Å². The second-order valence-electron chi connectivity index (χ2n) is 4.82. The number of hydrogen-bond acceptors (Lipinski definition) is 4. The molecule has 6 nitrogen and oxygen atoms in total. The highest BCUT2D eigenvalue weighted by molar-refractivity contribution is 7.89. The van der Waals surface area contributed by atoms with Crippen molar-refractivity contribution in [1.29, 1.82) is 0 Å². The average molecular weight is 286 g/mol. The number of likely N-dealkylation sites (tertiary alicyclic amines) is 1. The molecule has 2 heterocycles. The van der Waals surface area contributed by atoms with E-state index in [1.807, 2.05) is 0 Å². The predicted molar refractivity (Wildman–Crippen MR) is 69.3 cm³/mol. The van der Waals surface area contributed by atoms with E-state index in [-0.39, 0.29) is 16.8 Å². The van der Waals surface area contributed by atoms with Crippen LogP contribution in [0.5, 0.6) is 0 Å². The SMILES string of the molecule is CNS(=O)(=O)c1ccc(C(=O)N2CCCC(C)C2)o1. The van der Waals surface area contributed by atoms with Crippen LogP contribution in [0.1, 0.15) is 30.3 Å². The van der Waals surface area contributed by atoms with Crippen molar-refractivity contribution in [2.45, 2.75) is 24.9 Å². The third-order valence-electron chi connectivity index (χ3n) is 3.27. The number of nitrogens with zero attached hydrogens (tertiary/aromatic N) is 1. The first-order chi connectivity index (χ1) is 8.94. The van der Waals surface area contributed by atoms with Crippen LogP contribution in [0.2, 0.25) is 0 Å². The van der Waals surface area contributed by atoms with Gasteiger partial charge in [0.1, 0.15) is 0 Å². The highest BCUT2D eigenvalue weighted by Crippen LogP contribution is 2.20. The molecule has 1 aliphatic heterocycles. The molecule has 1 aliphatic rings. The number of carbonyl (C=O) groups is 1. The van der Waals surface area contributed by atoms with Gasteiger partial charge in [-0.2, -0.15) is 0 Å². The molecule has 1 unspecified atom stereocenters. The van der Waals surface area contributed by atoms with Crippen LogP contribution in [-0.4, -0.2) is 39.4 Å². The Balaban J connectivity index is 2.16. The van der Waals surface area contributed by atoms with Gasteiger partial charge in [0.2, 0.25) is 5.09 Å². The van der Waals surface area contributed by atoms with Gasteiger partial charge < -0.3 is 9.32 Å². The minimum atomic E-state index is -3.64. The Kier molecular flexibility index (Phi) is 3.96. The monoisotopic (exact) mass is 286 g/mol. The first-order valence-corrected chi connectivity index (χ1v) is 7.75. The van der Waals surface area contributed by atoms with E-state index in [0.717, 1.165) is 12.8 Å². The molecule has 0 saturated carbocycles. The molecular formula is C12H18N2O4S. The minimum absolute atomic E-state index is 0.0722. The number of furan rings is 1. The van der Waals surface area contributed by atoms with E-state index in [1.54, 1.807) is 4.90 Å². The number of carbonyl (C=O) groups excluding carboxylic acids is 1. The first-order valence-electron chi connectivity index (χ1n) is 6.26. The van der Waals surface area contributed by atoms with Crippen LogP contribution in [-0.2, 0) is 10.0 Å². The maximum Gasteiger partial charge on any atom is 0.289 e. The van der Waals surface area contributed by atoms with Crippen molar-refractivity contribution in [3.63, 3.8) is 0 Å². The standard InChI is InChI=1S/C12H18N2O4S/c1-9-4-3-7-14(8-9)12(15)10-5-6-11(18-10)19(16,17)13-2/h5-6,9,13H,3-4,7-8H2,1-2H3. The zero-order chi connectivity index (χ0) is 14.0. The third-order valence-corrected chi connectivity index (χ3v) is 4.56. The fourth-order valence-corrected chi connectivity index (χ4v) is 2.86. The highest BCUT2D eigenvalue weighted by atomic mass is 32.2. The van der Waals surface area contributed by atoms with Crippen molar-refractivity contribution in [1.82, 2.24) is 9.62 Å². The summed E-state index contributed by atoms with van der Waals surface area (Å²) in [6, 6.07) is 2.71. The van der Waals surface area contributed by atoms with Gasteiger partial charge in [0.15, 0.2) is 5.76 Å². The lowest BCUT2D eigenvalue weighted by atomic mass is 10.0. The summed E-state index contributed by atoms with van der Waals surface area (Å²) >= 11 is 0. The van der Waals surface area contributed by atoms with Gasteiger partial charge in [0.25, 0.3) is 15.9 Å². The number of piperidine rings is 1. The lowest BCUT2D eigenvalue weighted by Crippen LogP contribution is -2.38. The Morgan fingerprint density at radius 2 is 2.21 bits per heavy atom. The normalized spacial score (nSPS) is 20.5. The predicted octanol–water partition coefficient (Wildman–Crippen LogP) is 1.06. The summed E-state index contributed by atoms with van der Waals surface area (Å²) in [6.45, 7) is 3.48.